The van der Waals surface area contributed by atoms with Crippen LogP contribution in [0.3, 0.4) is 0 Å². The quantitative estimate of drug-likeness (QED) is 0.178. The Hall–Kier alpha value is -1.99. The van der Waals surface area contributed by atoms with Crippen molar-refractivity contribution in [1.82, 2.24) is 15.5 Å². The molecule has 30 heavy (non-hydrogen) atoms. The molecule has 170 valence electrons. The number of aliphatic carboxylic acids is 1. The van der Waals surface area contributed by atoms with Gasteiger partial charge in [0.2, 0.25) is 23.6 Å². The Kier molecular flexibility index (Phi) is 11.0. The fourth-order valence-corrected chi connectivity index (χ4v) is 3.76. The summed E-state index contributed by atoms with van der Waals surface area (Å²) in [5.74, 6) is -3.42. The first-order valence-corrected chi connectivity index (χ1v) is 11.4. The molecule has 1 saturated heterocycles. The van der Waals surface area contributed by atoms with Crippen LogP contribution in [0.15, 0.2) is 0 Å². The van der Waals surface area contributed by atoms with Crippen LogP contribution in [0.5, 0.6) is 0 Å². The van der Waals surface area contributed by atoms with E-state index in [0.717, 1.165) is 4.90 Å². The highest BCUT2D eigenvalue weighted by Crippen LogP contribution is 2.19. The second-order valence-corrected chi connectivity index (χ2v) is 8.24. The second kappa shape index (κ2) is 12.6. The van der Waals surface area contributed by atoms with Crippen molar-refractivity contribution in [3.8, 4) is 0 Å². The third kappa shape index (κ3) is 7.69. The lowest BCUT2D eigenvalue weighted by Gasteiger charge is -2.28. The number of likely N-dealkylation sites (tertiary alicyclic amines) is 1. The number of nitrogens with one attached hydrogen (secondary N) is 2. The number of carbonyl (C=O) groups excluding carboxylic acids is 4. The van der Waals surface area contributed by atoms with Gasteiger partial charge in [-0.1, -0.05) is 0 Å². The van der Waals surface area contributed by atoms with Gasteiger partial charge in [-0.2, -0.15) is 24.4 Å². The summed E-state index contributed by atoms with van der Waals surface area (Å²) in [6.45, 7) is 0.192. The maximum Gasteiger partial charge on any atom is 0.326 e. The van der Waals surface area contributed by atoms with Crippen molar-refractivity contribution in [2.75, 3.05) is 24.3 Å². The third-order valence-electron chi connectivity index (χ3n) is 4.63. The fourth-order valence-electron chi connectivity index (χ4n) is 3.01. The number of nitrogens with two attached hydrogens (primary N) is 2. The third-order valence-corrected chi connectivity index (χ3v) is 5.64. The van der Waals surface area contributed by atoms with E-state index in [2.05, 4.69) is 23.3 Å². The molecule has 0 radical (unpaired) electrons. The topological polar surface area (TPSA) is 185 Å². The van der Waals surface area contributed by atoms with Gasteiger partial charge in [0, 0.05) is 12.3 Å². The summed E-state index contributed by atoms with van der Waals surface area (Å²) in [7, 11) is 0. The molecule has 0 aromatic carbocycles. The monoisotopic (exact) mass is 463 g/mol. The molecule has 0 spiro atoms. The highest BCUT2D eigenvalue weighted by molar-refractivity contribution is 7.98. The normalized spacial score (nSPS) is 18.9. The summed E-state index contributed by atoms with van der Waals surface area (Å²) in [4.78, 5) is 61.5. The van der Waals surface area contributed by atoms with Crippen molar-refractivity contribution >= 4 is 54.0 Å². The zero-order valence-electron chi connectivity index (χ0n) is 16.7. The summed E-state index contributed by atoms with van der Waals surface area (Å²) < 4.78 is 0. The van der Waals surface area contributed by atoms with Crippen LogP contribution >= 0.6 is 24.4 Å². The van der Waals surface area contributed by atoms with E-state index in [4.69, 9.17) is 11.5 Å². The molecule has 0 aromatic rings. The number of hydrogen-bond acceptors (Lipinski definition) is 8. The van der Waals surface area contributed by atoms with Gasteiger partial charge in [-0.25, -0.2) is 4.79 Å². The SMILES string of the molecule is CSCCC(N)C(=O)NC(CS)C(=O)NC(CC(N)=O)C(=O)N1CCCC1C(=O)O. The summed E-state index contributed by atoms with van der Waals surface area (Å²) in [5, 5.41) is 14.1. The average Bonchev–Trinajstić information content (AvgIpc) is 3.18. The Morgan fingerprint density at radius 1 is 1.20 bits per heavy atom. The first-order chi connectivity index (χ1) is 14.1. The number of rotatable bonds is 12. The van der Waals surface area contributed by atoms with Crippen LogP contribution in [-0.2, 0) is 24.0 Å². The Balaban J connectivity index is 2.85. The summed E-state index contributed by atoms with van der Waals surface area (Å²) in [5.41, 5.74) is 11.0. The largest absolute Gasteiger partial charge is 0.480 e. The molecule has 0 aliphatic carbocycles. The molecule has 11 nitrogen and oxygen atoms in total. The zero-order chi connectivity index (χ0) is 22.8. The smallest absolute Gasteiger partial charge is 0.326 e. The van der Waals surface area contributed by atoms with Gasteiger partial charge in [0.25, 0.3) is 0 Å². The van der Waals surface area contributed by atoms with Gasteiger partial charge in [-0.05, 0) is 31.3 Å². The van der Waals surface area contributed by atoms with E-state index in [-0.39, 0.29) is 18.7 Å². The molecule has 4 atom stereocenters. The molecular weight excluding hydrogens is 434 g/mol. The molecule has 13 heteroatoms. The minimum Gasteiger partial charge on any atom is -0.480 e. The number of amides is 4. The Bertz CT molecular complexity index is 665. The van der Waals surface area contributed by atoms with E-state index in [1.807, 2.05) is 6.26 Å². The molecule has 1 heterocycles. The van der Waals surface area contributed by atoms with Crippen LogP contribution in [0.1, 0.15) is 25.7 Å². The van der Waals surface area contributed by atoms with Gasteiger partial charge in [0.1, 0.15) is 18.1 Å². The van der Waals surface area contributed by atoms with Crippen LogP contribution in [0, 0.1) is 0 Å². The van der Waals surface area contributed by atoms with Crippen molar-refractivity contribution in [3.63, 3.8) is 0 Å². The van der Waals surface area contributed by atoms with Gasteiger partial charge < -0.3 is 32.1 Å². The van der Waals surface area contributed by atoms with E-state index in [0.29, 0.717) is 18.6 Å². The molecule has 7 N–H and O–H groups in total. The summed E-state index contributed by atoms with van der Waals surface area (Å²) in [6, 6.07) is -4.28. The molecule has 0 saturated carbocycles. The molecule has 0 bridgehead atoms. The molecule has 1 aliphatic rings. The van der Waals surface area contributed by atoms with E-state index in [1.165, 1.54) is 11.8 Å². The first-order valence-electron chi connectivity index (χ1n) is 9.40. The molecule has 0 aromatic heterocycles. The van der Waals surface area contributed by atoms with Crippen molar-refractivity contribution < 1.29 is 29.1 Å². The molecule has 1 aliphatic heterocycles. The zero-order valence-corrected chi connectivity index (χ0v) is 18.4. The highest BCUT2D eigenvalue weighted by atomic mass is 32.2. The van der Waals surface area contributed by atoms with Crippen LogP contribution in [0.25, 0.3) is 0 Å². The second-order valence-electron chi connectivity index (χ2n) is 6.89. The Labute approximate surface area is 184 Å². The van der Waals surface area contributed by atoms with Crippen molar-refractivity contribution in [2.24, 2.45) is 11.5 Å². The van der Waals surface area contributed by atoms with E-state index in [1.54, 1.807) is 0 Å². The minimum absolute atomic E-state index is 0.0776. The Morgan fingerprint density at radius 3 is 2.37 bits per heavy atom. The molecular formula is C17H29N5O6S2. The predicted octanol–water partition coefficient (Wildman–Crippen LogP) is -2.08. The summed E-state index contributed by atoms with van der Waals surface area (Å²) in [6.07, 6.45) is 2.56. The maximum absolute atomic E-state index is 12.8. The number of nitrogens with zero attached hydrogens (tertiary/aromatic N) is 1. The van der Waals surface area contributed by atoms with E-state index >= 15 is 0 Å². The number of carbonyl (C=O) groups is 5. The van der Waals surface area contributed by atoms with Gasteiger partial charge in [-0.15, -0.1) is 0 Å². The standard InChI is InChI=1S/C17H29N5O6S2/c1-30-6-4-9(18)14(24)21-11(8-29)15(25)20-10(7-13(19)23)16(26)22-5-2-3-12(22)17(27)28/h9-12,29H,2-8,18H2,1H3,(H2,19,23)(H,20,25)(H,21,24)(H,27,28). The lowest BCUT2D eigenvalue weighted by molar-refractivity contribution is -0.149. The molecule has 1 rings (SSSR count). The van der Waals surface area contributed by atoms with Gasteiger partial charge in [-0.3, -0.25) is 19.2 Å². The number of thioether (sulfide) groups is 1. The number of carboxylic acids is 1. The van der Waals surface area contributed by atoms with Gasteiger partial charge in [0.05, 0.1) is 12.5 Å². The minimum atomic E-state index is -1.35. The number of primary amides is 1. The molecule has 4 amide bonds. The lowest BCUT2D eigenvalue weighted by Crippen LogP contribution is -2.58. The van der Waals surface area contributed by atoms with E-state index < -0.39 is 60.2 Å². The number of carboxylic acid groups (broad SMARTS) is 1. The number of hydrogen-bond donors (Lipinski definition) is 6. The fraction of sp³-hybridized carbons (Fsp3) is 0.706. The maximum atomic E-state index is 12.8. The van der Waals surface area contributed by atoms with Crippen LogP contribution in [-0.4, -0.2) is 88.1 Å². The van der Waals surface area contributed by atoms with Crippen molar-refractivity contribution in [3.05, 3.63) is 0 Å². The van der Waals surface area contributed by atoms with Crippen LogP contribution in [0.4, 0.5) is 0 Å². The van der Waals surface area contributed by atoms with Gasteiger partial charge >= 0.3 is 5.97 Å². The van der Waals surface area contributed by atoms with Crippen LogP contribution in [0.2, 0.25) is 0 Å². The number of thiol groups is 1. The highest BCUT2D eigenvalue weighted by Gasteiger charge is 2.38. The molecule has 4 unspecified atom stereocenters. The van der Waals surface area contributed by atoms with E-state index in [9.17, 15) is 29.1 Å². The Morgan fingerprint density at radius 2 is 1.83 bits per heavy atom. The van der Waals surface area contributed by atoms with Crippen LogP contribution < -0.4 is 22.1 Å². The molecule has 1 fully saturated rings. The first kappa shape index (κ1) is 26.0. The van der Waals surface area contributed by atoms with Crippen molar-refractivity contribution in [1.29, 1.82) is 0 Å². The lowest BCUT2D eigenvalue weighted by atomic mass is 10.1. The van der Waals surface area contributed by atoms with Crippen molar-refractivity contribution in [2.45, 2.75) is 49.9 Å². The average molecular weight is 464 g/mol. The van der Waals surface area contributed by atoms with Gasteiger partial charge in [0.15, 0.2) is 0 Å². The predicted molar refractivity (Wildman–Crippen MR) is 115 cm³/mol. The summed E-state index contributed by atoms with van der Waals surface area (Å²) >= 11 is 5.58.